The molecule has 2 rings (SSSR count). The van der Waals surface area contributed by atoms with E-state index < -0.39 is 32.5 Å². The molecule has 2 aromatic carbocycles. The molecule has 0 bridgehead atoms. The lowest BCUT2D eigenvalue weighted by atomic mass is 10.00. The van der Waals surface area contributed by atoms with E-state index in [-0.39, 0.29) is 11.1 Å². The molecule has 0 saturated heterocycles. The average Bonchev–Trinajstić information content (AvgIpc) is 2.77. The maximum Gasteiger partial charge on any atom is 0.352 e. The lowest BCUT2D eigenvalue weighted by Crippen LogP contribution is -2.42. The van der Waals surface area contributed by atoms with Crippen LogP contribution in [0.5, 0.6) is 0 Å². The van der Waals surface area contributed by atoms with Crippen molar-refractivity contribution in [2.24, 2.45) is 0 Å². The van der Waals surface area contributed by atoms with Gasteiger partial charge in [0.05, 0.1) is 6.10 Å². The second-order valence-corrected chi connectivity index (χ2v) is 14.9. The van der Waals surface area contributed by atoms with Crippen molar-refractivity contribution in [1.29, 1.82) is 0 Å². The van der Waals surface area contributed by atoms with E-state index >= 15 is 0 Å². The number of esters is 2. The molecule has 0 radical (unpaired) electrons. The Morgan fingerprint density at radius 2 is 1.41 bits per heavy atom. The van der Waals surface area contributed by atoms with E-state index in [0.29, 0.717) is 12.0 Å². The number of hydrogen-bond acceptors (Lipinski definition) is 5. The van der Waals surface area contributed by atoms with Crippen LogP contribution in [0, 0.1) is 0 Å². The number of rotatable bonds is 10. The van der Waals surface area contributed by atoms with Crippen molar-refractivity contribution in [2.75, 3.05) is 0 Å². The summed E-state index contributed by atoms with van der Waals surface area (Å²) in [5, 5.41) is 0.0480. The highest BCUT2D eigenvalue weighted by atomic mass is 28.4. The molecule has 0 aliphatic rings. The Morgan fingerprint density at radius 1 is 0.912 bits per heavy atom. The molecule has 0 amide bonds. The molecule has 6 heteroatoms. The minimum Gasteiger partial charge on any atom is -0.455 e. The molecule has 0 aliphatic heterocycles. The highest BCUT2D eigenvalue weighted by Crippen LogP contribution is 2.41. The lowest BCUT2D eigenvalue weighted by molar-refractivity contribution is -0.169. The molecule has 3 atom stereocenters. The van der Waals surface area contributed by atoms with Gasteiger partial charge < -0.3 is 13.9 Å². The Hall–Kier alpha value is -2.70. The monoisotopic (exact) mass is 482 g/mol. The topological polar surface area (TPSA) is 61.8 Å². The molecule has 184 valence electrons. The van der Waals surface area contributed by atoms with Crippen molar-refractivity contribution < 1.29 is 23.5 Å². The molecule has 0 fully saturated rings. The third kappa shape index (κ3) is 7.67. The zero-order chi connectivity index (χ0) is 25.5. The van der Waals surface area contributed by atoms with Gasteiger partial charge >= 0.3 is 11.9 Å². The molecule has 0 spiro atoms. The maximum atomic E-state index is 12.9. The Bertz CT molecular complexity index is 963. The fourth-order valence-corrected chi connectivity index (χ4v) is 4.48. The molecule has 0 aliphatic carbocycles. The number of hydrogen-bond donors (Lipinski definition) is 0. The van der Waals surface area contributed by atoms with Gasteiger partial charge in [0.15, 0.2) is 8.32 Å². The Morgan fingerprint density at radius 3 is 1.88 bits per heavy atom. The van der Waals surface area contributed by atoms with Crippen LogP contribution in [0.1, 0.15) is 64.4 Å². The van der Waals surface area contributed by atoms with Gasteiger partial charge in [0.25, 0.3) is 0 Å². The summed E-state index contributed by atoms with van der Waals surface area (Å²) in [4.78, 5) is 24.6. The Labute approximate surface area is 205 Å². The summed E-state index contributed by atoms with van der Waals surface area (Å²) >= 11 is 0. The zero-order valence-electron chi connectivity index (χ0n) is 21.5. The zero-order valence-corrected chi connectivity index (χ0v) is 22.5. The van der Waals surface area contributed by atoms with Crippen LogP contribution in [0.4, 0.5) is 0 Å². The van der Waals surface area contributed by atoms with Gasteiger partial charge in [-0.1, -0.05) is 88.0 Å². The minimum absolute atomic E-state index is 0.0480. The molecule has 34 heavy (non-hydrogen) atoms. The highest BCUT2D eigenvalue weighted by Gasteiger charge is 2.40. The standard InChI is InChI=1S/C28H38O5Si/c1-20(19-25(23-15-11-9-12-16-23)33-34(7,8)28(4,5)6)21(2)31-27(30)26(32-22(3)29)24-17-13-10-14-18-24/h9-18,21,25-26H,1,19H2,2-8H3/t21-,25+,26-/m1/s1. The van der Waals surface area contributed by atoms with E-state index in [2.05, 4.69) is 40.4 Å². The molecule has 5 nitrogen and oxygen atoms in total. The van der Waals surface area contributed by atoms with E-state index in [0.717, 1.165) is 11.1 Å². The normalized spacial score (nSPS) is 14.6. The fraction of sp³-hybridized carbons (Fsp3) is 0.429. The van der Waals surface area contributed by atoms with Crippen LogP contribution in [0.25, 0.3) is 0 Å². The summed E-state index contributed by atoms with van der Waals surface area (Å²) in [6.07, 6.45) is -1.39. The SMILES string of the molecule is C=C(C[C@H](O[Si](C)(C)C(C)(C)C)c1ccccc1)[C@@H](C)OC(=O)[C@H](OC(C)=O)c1ccccc1. The fourth-order valence-electron chi connectivity index (χ4n) is 3.20. The van der Waals surface area contributed by atoms with Crippen LogP contribution in [0.2, 0.25) is 18.1 Å². The van der Waals surface area contributed by atoms with Gasteiger partial charge in [-0.3, -0.25) is 4.79 Å². The molecule has 0 N–H and O–H groups in total. The number of carbonyl (C=O) groups excluding carboxylic acids is 2. The molecule has 0 heterocycles. The largest absolute Gasteiger partial charge is 0.455 e. The van der Waals surface area contributed by atoms with Crippen molar-refractivity contribution in [3.63, 3.8) is 0 Å². The van der Waals surface area contributed by atoms with Gasteiger partial charge in [-0.15, -0.1) is 0 Å². The Balaban J connectivity index is 2.18. The summed E-state index contributed by atoms with van der Waals surface area (Å²) in [7, 11) is -2.07. The smallest absolute Gasteiger partial charge is 0.352 e. The quantitative estimate of drug-likeness (QED) is 0.209. The van der Waals surface area contributed by atoms with Crippen LogP contribution < -0.4 is 0 Å². The third-order valence-electron chi connectivity index (χ3n) is 6.33. The summed E-state index contributed by atoms with van der Waals surface area (Å²) in [6.45, 7) is 18.3. The molecule has 0 saturated carbocycles. The maximum absolute atomic E-state index is 12.9. The average molecular weight is 483 g/mol. The first-order valence-corrected chi connectivity index (χ1v) is 14.6. The Kier molecular flexibility index (Phi) is 9.42. The van der Waals surface area contributed by atoms with Crippen molar-refractivity contribution in [3.05, 3.63) is 83.9 Å². The van der Waals surface area contributed by atoms with E-state index in [4.69, 9.17) is 13.9 Å². The summed E-state index contributed by atoms with van der Waals surface area (Å²) in [5.41, 5.74) is 2.36. The number of benzene rings is 2. The van der Waals surface area contributed by atoms with Crippen molar-refractivity contribution in [2.45, 2.75) is 77.5 Å². The first kappa shape index (κ1) is 27.5. The van der Waals surface area contributed by atoms with Crippen LogP contribution in [0.15, 0.2) is 72.8 Å². The predicted octanol–water partition coefficient (Wildman–Crippen LogP) is 6.93. The van der Waals surface area contributed by atoms with Gasteiger partial charge in [0.1, 0.15) is 6.10 Å². The molecule has 2 aromatic rings. The van der Waals surface area contributed by atoms with Gasteiger partial charge in [-0.25, -0.2) is 4.79 Å². The first-order valence-electron chi connectivity index (χ1n) is 11.6. The second-order valence-electron chi connectivity index (χ2n) is 10.1. The van der Waals surface area contributed by atoms with E-state index in [1.165, 1.54) is 6.92 Å². The summed E-state index contributed by atoms with van der Waals surface area (Å²) < 4.78 is 17.7. The van der Waals surface area contributed by atoms with Crippen LogP contribution >= 0.6 is 0 Å². The van der Waals surface area contributed by atoms with E-state index in [9.17, 15) is 9.59 Å². The van der Waals surface area contributed by atoms with E-state index in [1.807, 2.05) is 36.4 Å². The third-order valence-corrected chi connectivity index (χ3v) is 10.8. The van der Waals surface area contributed by atoms with Crippen LogP contribution in [-0.4, -0.2) is 26.4 Å². The van der Waals surface area contributed by atoms with E-state index in [1.54, 1.807) is 31.2 Å². The summed E-state index contributed by atoms with van der Waals surface area (Å²) in [5.74, 6) is -1.18. The summed E-state index contributed by atoms with van der Waals surface area (Å²) in [6, 6.07) is 18.9. The van der Waals surface area contributed by atoms with Gasteiger partial charge in [-0.05, 0) is 36.2 Å². The predicted molar refractivity (Wildman–Crippen MR) is 138 cm³/mol. The number of carbonyl (C=O) groups is 2. The molecular formula is C28H38O5Si. The minimum atomic E-state index is -2.07. The highest BCUT2D eigenvalue weighted by molar-refractivity contribution is 6.74. The van der Waals surface area contributed by atoms with Crippen LogP contribution in [-0.2, 0) is 23.5 Å². The van der Waals surface area contributed by atoms with Crippen molar-refractivity contribution >= 4 is 20.3 Å². The molecule has 0 aromatic heterocycles. The molecule has 0 unspecified atom stereocenters. The lowest BCUT2D eigenvalue weighted by Gasteiger charge is -2.40. The van der Waals surface area contributed by atoms with Crippen LogP contribution in [0.3, 0.4) is 0 Å². The van der Waals surface area contributed by atoms with Gasteiger partial charge in [0, 0.05) is 18.9 Å². The molecular weight excluding hydrogens is 444 g/mol. The number of ether oxygens (including phenoxy) is 2. The second kappa shape index (κ2) is 11.6. The van der Waals surface area contributed by atoms with Gasteiger partial charge in [0.2, 0.25) is 6.10 Å². The van der Waals surface area contributed by atoms with Crippen molar-refractivity contribution in [1.82, 2.24) is 0 Å². The van der Waals surface area contributed by atoms with Gasteiger partial charge in [-0.2, -0.15) is 0 Å². The van der Waals surface area contributed by atoms with Crippen molar-refractivity contribution in [3.8, 4) is 0 Å². The first-order chi connectivity index (χ1) is 15.8.